The molecule has 1 heterocycles. The van der Waals surface area contributed by atoms with Gasteiger partial charge in [0.1, 0.15) is 0 Å². The second kappa shape index (κ2) is 9.15. The summed E-state index contributed by atoms with van der Waals surface area (Å²) in [5.74, 6) is 2.39. The van der Waals surface area contributed by atoms with Crippen molar-refractivity contribution in [3.8, 4) is 11.5 Å². The van der Waals surface area contributed by atoms with Crippen LogP contribution in [0.25, 0.3) is 0 Å². The van der Waals surface area contributed by atoms with Crippen LogP contribution in [0.15, 0.2) is 23.2 Å². The molecule has 0 amide bonds. The number of nitrogens with zero attached hydrogens (tertiary/aromatic N) is 1. The van der Waals surface area contributed by atoms with Crippen molar-refractivity contribution in [3.63, 3.8) is 0 Å². The summed E-state index contributed by atoms with van der Waals surface area (Å²) in [4.78, 5) is 4.19. The number of aliphatic imine (C=N–C) groups is 1. The van der Waals surface area contributed by atoms with E-state index in [1.54, 1.807) is 7.05 Å². The second-order valence-corrected chi connectivity index (χ2v) is 4.88. The Hall–Kier alpha value is -1.95. The molecule has 22 heavy (non-hydrogen) atoms. The SMILES string of the molecule is CCOCCNC(=NC)NCc1ccc2c(c1)OCCCO2. The molecular formula is C16H25N3O3. The number of benzene rings is 1. The van der Waals surface area contributed by atoms with Gasteiger partial charge in [-0.1, -0.05) is 6.07 Å². The molecule has 0 spiro atoms. The first-order chi connectivity index (χ1) is 10.8. The van der Waals surface area contributed by atoms with Crippen molar-refractivity contribution in [3.05, 3.63) is 23.8 Å². The molecule has 0 unspecified atom stereocenters. The molecule has 6 heteroatoms. The number of nitrogens with one attached hydrogen (secondary N) is 2. The molecule has 1 aromatic carbocycles. The van der Waals surface area contributed by atoms with E-state index < -0.39 is 0 Å². The van der Waals surface area contributed by atoms with Crippen molar-refractivity contribution in [2.45, 2.75) is 19.9 Å². The largest absolute Gasteiger partial charge is 0.490 e. The molecule has 122 valence electrons. The Morgan fingerprint density at radius 3 is 2.82 bits per heavy atom. The van der Waals surface area contributed by atoms with Crippen LogP contribution in [-0.4, -0.2) is 46.0 Å². The number of hydrogen-bond acceptors (Lipinski definition) is 4. The molecule has 0 radical (unpaired) electrons. The zero-order valence-corrected chi connectivity index (χ0v) is 13.4. The maximum Gasteiger partial charge on any atom is 0.191 e. The minimum atomic E-state index is 0.668. The van der Waals surface area contributed by atoms with Gasteiger partial charge in [-0.3, -0.25) is 4.99 Å². The van der Waals surface area contributed by atoms with Crippen molar-refractivity contribution in [2.75, 3.05) is 40.0 Å². The first-order valence-corrected chi connectivity index (χ1v) is 7.74. The van der Waals surface area contributed by atoms with Gasteiger partial charge in [0.15, 0.2) is 17.5 Å². The van der Waals surface area contributed by atoms with Crippen molar-refractivity contribution in [1.29, 1.82) is 0 Å². The smallest absolute Gasteiger partial charge is 0.191 e. The van der Waals surface area contributed by atoms with E-state index in [4.69, 9.17) is 14.2 Å². The number of rotatable bonds is 6. The van der Waals surface area contributed by atoms with Crippen LogP contribution in [0, 0.1) is 0 Å². The van der Waals surface area contributed by atoms with Crippen molar-refractivity contribution in [2.24, 2.45) is 4.99 Å². The topological polar surface area (TPSA) is 64.1 Å². The highest BCUT2D eigenvalue weighted by atomic mass is 16.5. The van der Waals surface area contributed by atoms with Gasteiger partial charge >= 0.3 is 0 Å². The molecule has 1 aliphatic rings. The van der Waals surface area contributed by atoms with E-state index in [-0.39, 0.29) is 0 Å². The van der Waals surface area contributed by atoms with Gasteiger partial charge in [0.2, 0.25) is 0 Å². The van der Waals surface area contributed by atoms with E-state index in [1.807, 2.05) is 25.1 Å². The molecular weight excluding hydrogens is 282 g/mol. The minimum Gasteiger partial charge on any atom is -0.490 e. The van der Waals surface area contributed by atoms with Gasteiger partial charge in [0.25, 0.3) is 0 Å². The number of fused-ring (bicyclic) bond motifs is 1. The molecule has 0 aromatic heterocycles. The van der Waals surface area contributed by atoms with Gasteiger partial charge in [0.05, 0.1) is 19.8 Å². The predicted octanol–water partition coefficient (Wildman–Crippen LogP) is 1.55. The Labute approximate surface area is 131 Å². The van der Waals surface area contributed by atoms with Gasteiger partial charge in [0, 0.05) is 33.2 Å². The zero-order chi connectivity index (χ0) is 15.6. The molecule has 0 saturated heterocycles. The fourth-order valence-electron chi connectivity index (χ4n) is 2.11. The summed E-state index contributed by atoms with van der Waals surface area (Å²) < 4.78 is 16.6. The first kappa shape index (κ1) is 16.4. The maximum atomic E-state index is 5.70. The van der Waals surface area contributed by atoms with E-state index in [0.717, 1.165) is 42.6 Å². The molecule has 1 aliphatic heterocycles. The standard InChI is InChI=1S/C16H25N3O3/c1-3-20-10-7-18-16(17-2)19-12-13-5-6-14-15(11-13)22-9-4-8-21-14/h5-6,11H,3-4,7-10,12H2,1-2H3,(H2,17,18,19). The summed E-state index contributed by atoms with van der Waals surface area (Å²) >= 11 is 0. The summed E-state index contributed by atoms with van der Waals surface area (Å²) in [5, 5.41) is 6.48. The van der Waals surface area contributed by atoms with E-state index in [9.17, 15) is 0 Å². The van der Waals surface area contributed by atoms with Crippen LogP contribution in [-0.2, 0) is 11.3 Å². The van der Waals surface area contributed by atoms with Gasteiger partial charge in [-0.15, -0.1) is 0 Å². The van der Waals surface area contributed by atoms with Crippen LogP contribution in [0.4, 0.5) is 0 Å². The Kier molecular flexibility index (Phi) is 6.83. The van der Waals surface area contributed by atoms with E-state index in [0.29, 0.717) is 26.4 Å². The third-order valence-corrected chi connectivity index (χ3v) is 3.24. The summed E-state index contributed by atoms with van der Waals surface area (Å²) in [5.41, 5.74) is 1.12. The number of ether oxygens (including phenoxy) is 3. The summed E-state index contributed by atoms with van der Waals surface area (Å²) in [6.45, 7) is 6.19. The van der Waals surface area contributed by atoms with E-state index >= 15 is 0 Å². The minimum absolute atomic E-state index is 0.668. The van der Waals surface area contributed by atoms with Crippen LogP contribution in [0.1, 0.15) is 18.9 Å². The molecule has 0 atom stereocenters. The van der Waals surface area contributed by atoms with Crippen LogP contribution >= 0.6 is 0 Å². The monoisotopic (exact) mass is 307 g/mol. The highest BCUT2D eigenvalue weighted by Crippen LogP contribution is 2.30. The Morgan fingerprint density at radius 2 is 2.05 bits per heavy atom. The summed E-state index contributed by atoms with van der Waals surface area (Å²) in [7, 11) is 1.75. The molecule has 0 fully saturated rings. The highest BCUT2D eigenvalue weighted by Gasteiger charge is 2.10. The fourth-order valence-corrected chi connectivity index (χ4v) is 2.11. The Bertz CT molecular complexity index is 492. The fraction of sp³-hybridized carbons (Fsp3) is 0.562. The molecule has 0 aliphatic carbocycles. The lowest BCUT2D eigenvalue weighted by molar-refractivity contribution is 0.152. The molecule has 1 aromatic rings. The molecule has 2 N–H and O–H groups in total. The van der Waals surface area contributed by atoms with Gasteiger partial charge in [-0.25, -0.2) is 0 Å². The van der Waals surface area contributed by atoms with Crippen molar-refractivity contribution < 1.29 is 14.2 Å². The van der Waals surface area contributed by atoms with Crippen LogP contribution in [0.3, 0.4) is 0 Å². The second-order valence-electron chi connectivity index (χ2n) is 4.88. The van der Waals surface area contributed by atoms with Gasteiger partial charge in [-0.05, 0) is 24.6 Å². The normalized spacial score (nSPS) is 14.4. The van der Waals surface area contributed by atoms with Crippen molar-refractivity contribution in [1.82, 2.24) is 10.6 Å². The average Bonchev–Trinajstić information content (AvgIpc) is 2.79. The van der Waals surface area contributed by atoms with Crippen LogP contribution in [0.5, 0.6) is 11.5 Å². The van der Waals surface area contributed by atoms with E-state index in [2.05, 4.69) is 15.6 Å². The molecule has 2 rings (SSSR count). The highest BCUT2D eigenvalue weighted by molar-refractivity contribution is 5.79. The van der Waals surface area contributed by atoms with E-state index in [1.165, 1.54) is 0 Å². The maximum absolute atomic E-state index is 5.70. The molecule has 0 bridgehead atoms. The predicted molar refractivity (Wildman–Crippen MR) is 86.7 cm³/mol. The van der Waals surface area contributed by atoms with Crippen molar-refractivity contribution >= 4 is 5.96 Å². The third kappa shape index (κ3) is 5.11. The van der Waals surface area contributed by atoms with Crippen LogP contribution in [0.2, 0.25) is 0 Å². The summed E-state index contributed by atoms with van der Waals surface area (Å²) in [6, 6.07) is 6.01. The lowest BCUT2D eigenvalue weighted by atomic mass is 10.2. The number of guanidine groups is 1. The zero-order valence-electron chi connectivity index (χ0n) is 13.4. The van der Waals surface area contributed by atoms with Crippen LogP contribution < -0.4 is 20.1 Å². The summed E-state index contributed by atoms with van der Waals surface area (Å²) in [6.07, 6.45) is 0.915. The Balaban J connectivity index is 1.84. The third-order valence-electron chi connectivity index (χ3n) is 3.24. The average molecular weight is 307 g/mol. The Morgan fingerprint density at radius 1 is 1.23 bits per heavy atom. The quantitative estimate of drug-likeness (QED) is 0.474. The number of hydrogen-bond donors (Lipinski definition) is 2. The molecule has 0 saturated carbocycles. The molecule has 6 nitrogen and oxygen atoms in total. The first-order valence-electron chi connectivity index (χ1n) is 7.74. The van der Waals surface area contributed by atoms with Gasteiger partial charge in [-0.2, -0.15) is 0 Å². The lowest BCUT2D eigenvalue weighted by Gasteiger charge is -2.13. The van der Waals surface area contributed by atoms with Gasteiger partial charge < -0.3 is 24.8 Å². The lowest BCUT2D eigenvalue weighted by Crippen LogP contribution is -2.38.